The molecule has 0 aliphatic carbocycles. The van der Waals surface area contributed by atoms with Crippen LogP contribution in [0, 0.1) is 13.8 Å². The summed E-state index contributed by atoms with van der Waals surface area (Å²) in [7, 11) is 0. The molecule has 0 bridgehead atoms. The lowest BCUT2D eigenvalue weighted by atomic mass is 10.1. The molecule has 1 unspecified atom stereocenters. The van der Waals surface area contributed by atoms with Crippen molar-refractivity contribution in [2.75, 3.05) is 10.6 Å². The van der Waals surface area contributed by atoms with Gasteiger partial charge in [0.15, 0.2) is 0 Å². The van der Waals surface area contributed by atoms with Crippen molar-refractivity contribution in [3.63, 3.8) is 0 Å². The fourth-order valence-corrected chi connectivity index (χ4v) is 5.76. The van der Waals surface area contributed by atoms with Gasteiger partial charge in [0.2, 0.25) is 5.91 Å². The maximum atomic E-state index is 13.6. The average Bonchev–Trinajstić information content (AvgIpc) is 3.45. The van der Waals surface area contributed by atoms with Crippen molar-refractivity contribution in [1.82, 2.24) is 10.3 Å². The molecule has 1 atom stereocenters. The lowest BCUT2D eigenvalue weighted by Crippen LogP contribution is -2.30. The molecule has 5 rings (SSSR count). The molecule has 7 nitrogen and oxygen atoms in total. The molecule has 5 aromatic rings. The summed E-state index contributed by atoms with van der Waals surface area (Å²) in [5, 5.41) is 9.39. The van der Waals surface area contributed by atoms with Crippen LogP contribution in [0.1, 0.15) is 40.4 Å². The summed E-state index contributed by atoms with van der Waals surface area (Å²) in [6.45, 7) is 5.99. The zero-order chi connectivity index (χ0) is 31.1. The van der Waals surface area contributed by atoms with Crippen molar-refractivity contribution in [2.45, 2.75) is 37.3 Å². The van der Waals surface area contributed by atoms with Gasteiger partial charge in [0.25, 0.3) is 11.8 Å². The van der Waals surface area contributed by atoms with E-state index >= 15 is 0 Å². The van der Waals surface area contributed by atoms with E-state index in [-0.39, 0.29) is 16.9 Å². The maximum Gasteiger partial charge on any atom is 0.272 e. The summed E-state index contributed by atoms with van der Waals surface area (Å²) in [6, 6.07) is 29.7. The van der Waals surface area contributed by atoms with Crippen molar-refractivity contribution >= 4 is 57.8 Å². The molecule has 4 N–H and O–H groups in total. The molecule has 0 radical (unpaired) electrons. The third-order valence-corrected chi connectivity index (χ3v) is 8.70. The number of H-pyrrole nitrogens is 1. The van der Waals surface area contributed by atoms with E-state index in [2.05, 4.69) is 20.9 Å². The highest BCUT2D eigenvalue weighted by Crippen LogP contribution is 2.29. The van der Waals surface area contributed by atoms with Gasteiger partial charge in [-0.3, -0.25) is 14.4 Å². The topological polar surface area (TPSA) is 103 Å². The molecule has 44 heavy (non-hydrogen) atoms. The number of aromatic nitrogens is 1. The van der Waals surface area contributed by atoms with Gasteiger partial charge in [-0.05, 0) is 79.9 Å². The molecule has 0 saturated carbocycles. The molecule has 0 aliphatic heterocycles. The van der Waals surface area contributed by atoms with Crippen LogP contribution in [0.4, 0.5) is 11.4 Å². The zero-order valence-corrected chi connectivity index (χ0v) is 25.6. The number of anilines is 2. The Balaban J connectivity index is 1.35. The molecule has 4 aromatic carbocycles. The minimum atomic E-state index is -0.471. The van der Waals surface area contributed by atoms with Gasteiger partial charge in [0.05, 0.1) is 5.25 Å². The van der Waals surface area contributed by atoms with Crippen LogP contribution in [0.15, 0.2) is 114 Å². The SMILES string of the molecule is CCC(Sc1cccc(NC(=O)/C(=C/c2c[nH]c3ccccc23)NC(=O)c2ccccc2)c1)C(=O)Nc1cccc(C)c1C. The van der Waals surface area contributed by atoms with Gasteiger partial charge in [-0.2, -0.15) is 0 Å². The van der Waals surface area contributed by atoms with Crippen molar-refractivity contribution in [3.8, 4) is 0 Å². The zero-order valence-electron chi connectivity index (χ0n) is 24.8. The van der Waals surface area contributed by atoms with Crippen LogP contribution in [0.3, 0.4) is 0 Å². The Morgan fingerprint density at radius 2 is 1.61 bits per heavy atom. The number of carbonyl (C=O) groups excluding carboxylic acids is 3. The first kappa shape index (κ1) is 30.4. The molecule has 3 amide bonds. The standard InChI is InChI=1S/C36H34N4O3S/c1-4-33(36(43)39-30-19-10-12-23(2)24(30)3)44-28-16-11-15-27(21-28)38-35(42)32(40-34(41)25-13-6-5-7-14-25)20-26-22-37-31-18-9-8-17-29(26)31/h5-22,33,37H,4H2,1-3H3,(H,38,42)(H,39,43)(H,40,41)/b32-20-. The van der Waals surface area contributed by atoms with Gasteiger partial charge < -0.3 is 20.9 Å². The second kappa shape index (κ2) is 13.9. The first-order valence-electron chi connectivity index (χ1n) is 14.4. The van der Waals surface area contributed by atoms with E-state index in [9.17, 15) is 14.4 Å². The Labute approximate surface area is 261 Å². The van der Waals surface area contributed by atoms with Crippen LogP contribution in [0.25, 0.3) is 17.0 Å². The molecule has 8 heteroatoms. The maximum absolute atomic E-state index is 13.6. The highest BCUT2D eigenvalue weighted by molar-refractivity contribution is 8.00. The first-order chi connectivity index (χ1) is 21.3. The fourth-order valence-electron chi connectivity index (χ4n) is 4.74. The number of amides is 3. The molecule has 1 aromatic heterocycles. The number of rotatable bonds is 10. The van der Waals surface area contributed by atoms with Crippen LogP contribution >= 0.6 is 11.8 Å². The van der Waals surface area contributed by atoms with Gasteiger partial charge in [0.1, 0.15) is 5.70 Å². The normalized spacial score (nSPS) is 12.0. The molecule has 222 valence electrons. The molecular weight excluding hydrogens is 568 g/mol. The Hall–Kier alpha value is -5.08. The van der Waals surface area contributed by atoms with Gasteiger partial charge in [-0.1, -0.05) is 61.5 Å². The molecule has 1 heterocycles. The number of benzene rings is 4. The van der Waals surface area contributed by atoms with Crippen LogP contribution in [0.2, 0.25) is 0 Å². The monoisotopic (exact) mass is 602 g/mol. The van der Waals surface area contributed by atoms with Crippen molar-refractivity contribution in [1.29, 1.82) is 0 Å². The summed E-state index contributed by atoms with van der Waals surface area (Å²) in [4.78, 5) is 43.9. The predicted molar refractivity (Wildman–Crippen MR) is 180 cm³/mol. The Bertz CT molecular complexity index is 1850. The van der Waals surface area contributed by atoms with Crippen LogP contribution in [-0.2, 0) is 9.59 Å². The summed E-state index contributed by atoms with van der Waals surface area (Å²) >= 11 is 1.44. The van der Waals surface area contributed by atoms with Gasteiger partial charge in [-0.25, -0.2) is 0 Å². The Morgan fingerprint density at radius 3 is 2.41 bits per heavy atom. The molecule has 0 spiro atoms. The predicted octanol–water partition coefficient (Wildman–Crippen LogP) is 7.70. The smallest absolute Gasteiger partial charge is 0.272 e. The molecule has 0 aliphatic rings. The number of nitrogens with one attached hydrogen (secondary N) is 4. The lowest BCUT2D eigenvalue weighted by molar-refractivity contribution is -0.116. The number of hydrogen-bond acceptors (Lipinski definition) is 4. The number of fused-ring (bicyclic) bond motifs is 1. The number of aryl methyl sites for hydroxylation is 1. The van der Waals surface area contributed by atoms with Gasteiger partial charge >= 0.3 is 0 Å². The van der Waals surface area contributed by atoms with Crippen LogP contribution in [0.5, 0.6) is 0 Å². The highest BCUT2D eigenvalue weighted by Gasteiger charge is 2.20. The van der Waals surface area contributed by atoms with Gasteiger partial charge in [-0.15, -0.1) is 11.8 Å². The summed E-state index contributed by atoms with van der Waals surface area (Å²) < 4.78 is 0. The van der Waals surface area contributed by atoms with E-state index in [1.807, 2.05) is 87.5 Å². The summed E-state index contributed by atoms with van der Waals surface area (Å²) in [5.74, 6) is -0.938. The van der Waals surface area contributed by atoms with E-state index in [0.29, 0.717) is 17.7 Å². The molecule has 0 fully saturated rings. The summed E-state index contributed by atoms with van der Waals surface area (Å²) in [6.07, 6.45) is 4.09. The van der Waals surface area contributed by atoms with E-state index < -0.39 is 11.8 Å². The van der Waals surface area contributed by atoms with Crippen molar-refractivity contribution in [2.24, 2.45) is 0 Å². The second-order valence-corrected chi connectivity index (χ2v) is 11.7. The van der Waals surface area contributed by atoms with Crippen molar-refractivity contribution < 1.29 is 14.4 Å². The number of carbonyl (C=O) groups is 3. The molecule has 0 saturated heterocycles. The Kier molecular flexibility index (Phi) is 9.62. The van der Waals surface area contributed by atoms with E-state index in [0.717, 1.165) is 38.2 Å². The number of hydrogen-bond donors (Lipinski definition) is 4. The summed E-state index contributed by atoms with van der Waals surface area (Å²) in [5.41, 5.74) is 5.74. The molecular formula is C36H34N4O3S. The fraction of sp³-hybridized carbons (Fsp3) is 0.139. The highest BCUT2D eigenvalue weighted by atomic mass is 32.2. The van der Waals surface area contributed by atoms with Gasteiger partial charge in [0, 0.05) is 44.5 Å². The van der Waals surface area contributed by atoms with Crippen LogP contribution in [-0.4, -0.2) is 28.0 Å². The number of aromatic amines is 1. The second-order valence-electron chi connectivity index (χ2n) is 10.4. The first-order valence-corrected chi connectivity index (χ1v) is 15.3. The third kappa shape index (κ3) is 7.27. The quantitative estimate of drug-likeness (QED) is 0.0971. The third-order valence-electron chi connectivity index (χ3n) is 7.35. The Morgan fingerprint density at radius 1 is 0.864 bits per heavy atom. The number of para-hydroxylation sites is 1. The number of thioether (sulfide) groups is 1. The van der Waals surface area contributed by atoms with E-state index in [4.69, 9.17) is 0 Å². The minimum absolute atomic E-state index is 0.0757. The largest absolute Gasteiger partial charge is 0.361 e. The van der Waals surface area contributed by atoms with E-state index in [1.54, 1.807) is 42.6 Å². The lowest BCUT2D eigenvalue weighted by Gasteiger charge is -2.17. The van der Waals surface area contributed by atoms with Crippen molar-refractivity contribution in [3.05, 3.63) is 131 Å². The van der Waals surface area contributed by atoms with E-state index in [1.165, 1.54) is 11.8 Å². The average molecular weight is 603 g/mol. The minimum Gasteiger partial charge on any atom is -0.361 e. The van der Waals surface area contributed by atoms with Crippen LogP contribution < -0.4 is 16.0 Å².